The van der Waals surface area contributed by atoms with Gasteiger partial charge in [0.15, 0.2) is 0 Å². The van der Waals surface area contributed by atoms with Gasteiger partial charge in [0.1, 0.15) is 5.69 Å². The van der Waals surface area contributed by atoms with Crippen molar-refractivity contribution in [3.8, 4) is 0 Å². The van der Waals surface area contributed by atoms with Crippen molar-refractivity contribution in [2.45, 2.75) is 51.5 Å². The number of aromatic amines is 1. The molecule has 4 heteroatoms. The average Bonchev–Trinajstić information content (AvgIpc) is 2.97. The third kappa shape index (κ3) is 2.19. The van der Waals surface area contributed by atoms with Crippen LogP contribution in [0.15, 0.2) is 24.4 Å². The molecule has 4 bridgehead atoms. The maximum Gasteiger partial charge on any atom is 0.268 e. The van der Waals surface area contributed by atoms with Gasteiger partial charge in [0.2, 0.25) is 0 Å². The molecule has 1 amide bonds. The van der Waals surface area contributed by atoms with Crippen LogP contribution < -0.4 is 5.32 Å². The van der Waals surface area contributed by atoms with E-state index in [-0.39, 0.29) is 11.9 Å². The summed E-state index contributed by atoms with van der Waals surface area (Å²) in [5.41, 5.74) is 2.74. The van der Waals surface area contributed by atoms with Crippen molar-refractivity contribution in [2.24, 2.45) is 23.2 Å². The Morgan fingerprint density at radius 1 is 1.25 bits per heavy atom. The molecular formula is C20H25N3O. The highest BCUT2D eigenvalue weighted by atomic mass is 16.1. The molecule has 2 aromatic heterocycles. The molecular weight excluding hydrogens is 298 g/mol. The maximum absolute atomic E-state index is 12.7. The van der Waals surface area contributed by atoms with Gasteiger partial charge in [-0.25, -0.2) is 0 Å². The molecule has 4 aliphatic rings. The third-order valence-electron chi connectivity index (χ3n) is 6.99. The van der Waals surface area contributed by atoms with E-state index in [1.165, 1.54) is 38.5 Å². The Balaban J connectivity index is 1.36. The van der Waals surface area contributed by atoms with Gasteiger partial charge in [-0.15, -0.1) is 0 Å². The average molecular weight is 323 g/mol. The predicted octanol–water partition coefficient (Wildman–Crippen LogP) is 3.90. The Kier molecular flexibility index (Phi) is 3.07. The van der Waals surface area contributed by atoms with E-state index < -0.39 is 0 Å². The number of rotatable bonds is 3. The minimum atomic E-state index is 0.0104. The number of hydrogen-bond acceptors (Lipinski definition) is 2. The summed E-state index contributed by atoms with van der Waals surface area (Å²) in [6.45, 7) is 2.23. The first kappa shape index (κ1) is 14.5. The Morgan fingerprint density at radius 3 is 2.54 bits per heavy atom. The summed E-state index contributed by atoms with van der Waals surface area (Å²) in [6, 6.07) is 5.95. The van der Waals surface area contributed by atoms with Gasteiger partial charge < -0.3 is 10.3 Å². The Hall–Kier alpha value is -1.84. The van der Waals surface area contributed by atoms with E-state index in [1.807, 2.05) is 18.2 Å². The normalized spacial score (nSPS) is 35.3. The van der Waals surface area contributed by atoms with Crippen molar-refractivity contribution in [1.29, 1.82) is 0 Å². The monoisotopic (exact) mass is 323 g/mol. The van der Waals surface area contributed by atoms with Crippen LogP contribution in [0.5, 0.6) is 0 Å². The van der Waals surface area contributed by atoms with Gasteiger partial charge >= 0.3 is 0 Å². The second-order valence-corrected chi connectivity index (χ2v) is 8.59. The van der Waals surface area contributed by atoms with Crippen LogP contribution >= 0.6 is 0 Å². The number of hydrogen-bond donors (Lipinski definition) is 2. The molecule has 1 unspecified atom stereocenters. The van der Waals surface area contributed by atoms with Gasteiger partial charge in [0, 0.05) is 12.2 Å². The second kappa shape index (κ2) is 5.08. The Labute approximate surface area is 142 Å². The smallest absolute Gasteiger partial charge is 0.268 e. The van der Waals surface area contributed by atoms with Crippen LogP contribution in [0, 0.1) is 23.2 Å². The summed E-state index contributed by atoms with van der Waals surface area (Å²) < 4.78 is 0. The molecule has 4 saturated carbocycles. The molecule has 2 N–H and O–H groups in total. The lowest BCUT2D eigenvalue weighted by Gasteiger charge is -2.59. The molecule has 24 heavy (non-hydrogen) atoms. The second-order valence-electron chi connectivity index (χ2n) is 8.59. The van der Waals surface area contributed by atoms with E-state index in [9.17, 15) is 4.79 Å². The molecule has 1 atom stereocenters. The van der Waals surface area contributed by atoms with Crippen molar-refractivity contribution >= 4 is 16.9 Å². The SMILES string of the molecule is CC(NC(=O)c1cc2ncccc2[nH]1)C12CC3CC(CC(C3)C1)C2. The largest absolute Gasteiger partial charge is 0.349 e. The number of carbonyl (C=O) groups excluding carboxylic acids is 1. The fourth-order valence-electron chi connectivity index (χ4n) is 6.21. The predicted molar refractivity (Wildman–Crippen MR) is 93.6 cm³/mol. The first-order valence-electron chi connectivity index (χ1n) is 9.36. The molecule has 4 nitrogen and oxygen atoms in total. The molecule has 126 valence electrons. The maximum atomic E-state index is 12.7. The molecule has 0 spiro atoms. The van der Waals surface area contributed by atoms with Crippen LogP contribution in [0.3, 0.4) is 0 Å². The van der Waals surface area contributed by atoms with E-state index in [0.29, 0.717) is 11.1 Å². The van der Waals surface area contributed by atoms with Crippen LogP contribution in [-0.4, -0.2) is 21.9 Å². The quantitative estimate of drug-likeness (QED) is 0.900. The van der Waals surface area contributed by atoms with Crippen LogP contribution in [0.25, 0.3) is 11.0 Å². The number of carbonyl (C=O) groups is 1. The van der Waals surface area contributed by atoms with Crippen molar-refractivity contribution < 1.29 is 4.79 Å². The van der Waals surface area contributed by atoms with Gasteiger partial charge in [0.25, 0.3) is 5.91 Å². The number of nitrogens with one attached hydrogen (secondary N) is 2. The third-order valence-corrected chi connectivity index (χ3v) is 6.99. The van der Waals surface area contributed by atoms with Gasteiger partial charge in [-0.2, -0.15) is 0 Å². The number of amides is 1. The van der Waals surface area contributed by atoms with E-state index >= 15 is 0 Å². The van der Waals surface area contributed by atoms with Gasteiger partial charge in [-0.05, 0) is 86.8 Å². The first-order valence-corrected chi connectivity index (χ1v) is 9.36. The summed E-state index contributed by atoms with van der Waals surface area (Å²) in [6.07, 6.45) is 10.0. The Bertz CT molecular complexity index is 725. The number of nitrogens with zero attached hydrogens (tertiary/aromatic N) is 1. The molecule has 6 rings (SSSR count). The van der Waals surface area contributed by atoms with Gasteiger partial charge in [-0.1, -0.05) is 0 Å². The lowest BCUT2D eigenvalue weighted by molar-refractivity contribution is -0.0688. The minimum Gasteiger partial charge on any atom is -0.349 e. The van der Waals surface area contributed by atoms with E-state index in [1.54, 1.807) is 6.20 Å². The summed E-state index contributed by atoms with van der Waals surface area (Å²) in [4.78, 5) is 20.3. The highest BCUT2D eigenvalue weighted by Gasteiger charge is 2.53. The standard InChI is InChI=1S/C20H25N3O/c1-12(20-9-13-5-14(10-20)7-15(6-13)11-20)22-19(24)18-8-17-16(23-18)3-2-4-21-17/h2-4,8,12-15,23H,5-7,9-11H2,1H3,(H,22,24). The summed E-state index contributed by atoms with van der Waals surface area (Å²) >= 11 is 0. The first-order chi connectivity index (χ1) is 11.6. The zero-order valence-corrected chi connectivity index (χ0v) is 14.2. The van der Waals surface area contributed by atoms with Crippen molar-refractivity contribution in [3.63, 3.8) is 0 Å². The number of fused-ring (bicyclic) bond motifs is 1. The fourth-order valence-corrected chi connectivity index (χ4v) is 6.21. The zero-order chi connectivity index (χ0) is 16.3. The molecule has 2 heterocycles. The lowest BCUT2D eigenvalue weighted by atomic mass is 9.48. The molecule has 0 aliphatic heterocycles. The van der Waals surface area contributed by atoms with Crippen LogP contribution in [-0.2, 0) is 0 Å². The molecule has 0 saturated heterocycles. The number of aromatic nitrogens is 2. The molecule has 0 radical (unpaired) electrons. The molecule has 2 aromatic rings. The van der Waals surface area contributed by atoms with Crippen LogP contribution in [0.1, 0.15) is 55.9 Å². The van der Waals surface area contributed by atoms with Gasteiger partial charge in [0.05, 0.1) is 11.0 Å². The summed E-state index contributed by atoms with van der Waals surface area (Å²) in [5, 5.41) is 3.32. The molecule has 4 fully saturated rings. The highest BCUT2D eigenvalue weighted by Crippen LogP contribution is 2.61. The van der Waals surface area contributed by atoms with Crippen LogP contribution in [0.2, 0.25) is 0 Å². The number of H-pyrrole nitrogens is 1. The summed E-state index contributed by atoms with van der Waals surface area (Å²) in [7, 11) is 0. The highest BCUT2D eigenvalue weighted by molar-refractivity contribution is 5.97. The van der Waals surface area contributed by atoms with E-state index in [2.05, 4.69) is 22.2 Å². The Morgan fingerprint density at radius 2 is 1.92 bits per heavy atom. The van der Waals surface area contributed by atoms with Gasteiger partial charge in [-0.3, -0.25) is 9.78 Å². The lowest BCUT2D eigenvalue weighted by Crippen LogP contribution is -2.55. The fraction of sp³-hybridized carbons (Fsp3) is 0.600. The van der Waals surface area contributed by atoms with Crippen LogP contribution in [0.4, 0.5) is 0 Å². The number of pyridine rings is 1. The molecule has 0 aromatic carbocycles. The summed E-state index contributed by atoms with van der Waals surface area (Å²) in [5.74, 6) is 2.74. The van der Waals surface area contributed by atoms with E-state index in [4.69, 9.17) is 0 Å². The van der Waals surface area contributed by atoms with Crippen molar-refractivity contribution in [2.75, 3.05) is 0 Å². The topological polar surface area (TPSA) is 57.8 Å². The zero-order valence-electron chi connectivity index (χ0n) is 14.2. The minimum absolute atomic E-state index is 0.0104. The molecule has 4 aliphatic carbocycles. The van der Waals surface area contributed by atoms with Crippen molar-refractivity contribution in [1.82, 2.24) is 15.3 Å². The van der Waals surface area contributed by atoms with Crippen molar-refractivity contribution in [3.05, 3.63) is 30.1 Å². The van der Waals surface area contributed by atoms with E-state index in [0.717, 1.165) is 28.8 Å².